The lowest BCUT2D eigenvalue weighted by Gasteiger charge is -2.24. The van der Waals surface area contributed by atoms with E-state index >= 15 is 0 Å². The topological polar surface area (TPSA) is 82.1 Å². The van der Waals surface area contributed by atoms with E-state index in [0.29, 0.717) is 24.5 Å². The summed E-state index contributed by atoms with van der Waals surface area (Å²) >= 11 is 6.47. The Labute approximate surface area is 181 Å². The molecule has 0 spiro atoms. The van der Waals surface area contributed by atoms with Crippen LogP contribution >= 0.6 is 11.6 Å². The van der Waals surface area contributed by atoms with Gasteiger partial charge in [0.1, 0.15) is 6.61 Å². The number of likely N-dealkylation sites (N-methyl/N-ethyl adjacent to an activating group) is 1. The lowest BCUT2D eigenvalue weighted by Crippen LogP contribution is -2.38. The average molecular weight is 432 g/mol. The van der Waals surface area contributed by atoms with Crippen molar-refractivity contribution in [1.82, 2.24) is 10.2 Å². The number of carbonyl (C=O) groups is 2. The molecule has 160 valence electrons. The molecule has 8 heteroatoms. The number of carboxylic acid groups (broad SMARTS) is 1. The van der Waals surface area contributed by atoms with Crippen molar-refractivity contribution < 1.29 is 19.4 Å². The van der Waals surface area contributed by atoms with E-state index < -0.39 is 12.2 Å². The van der Waals surface area contributed by atoms with Crippen molar-refractivity contribution in [2.24, 2.45) is 0 Å². The summed E-state index contributed by atoms with van der Waals surface area (Å²) in [6, 6.07) is 15.3. The quantitative estimate of drug-likeness (QED) is 0.692. The van der Waals surface area contributed by atoms with Crippen LogP contribution in [0, 0.1) is 0 Å². The molecule has 1 aliphatic rings. The third-order valence-corrected chi connectivity index (χ3v) is 5.56. The fourth-order valence-electron chi connectivity index (χ4n) is 3.48. The number of ether oxygens (including phenoxy) is 1. The molecule has 1 atom stereocenters. The molecule has 3 rings (SSSR count). The minimum atomic E-state index is -0.918. The van der Waals surface area contributed by atoms with Crippen LogP contribution in [0.25, 0.3) is 0 Å². The number of benzene rings is 2. The van der Waals surface area contributed by atoms with Crippen molar-refractivity contribution in [2.75, 3.05) is 31.6 Å². The highest BCUT2D eigenvalue weighted by molar-refractivity contribution is 6.33. The molecule has 1 aliphatic heterocycles. The number of nitrogens with one attached hydrogen (secondary N) is 1. The normalized spacial score (nSPS) is 15.7. The zero-order chi connectivity index (χ0) is 21.5. The third-order valence-electron chi connectivity index (χ3n) is 5.26. The maximum atomic E-state index is 11.8. The van der Waals surface area contributed by atoms with Gasteiger partial charge in [-0.05, 0) is 36.1 Å². The number of anilines is 1. The van der Waals surface area contributed by atoms with Gasteiger partial charge in [-0.3, -0.25) is 0 Å². The summed E-state index contributed by atoms with van der Waals surface area (Å²) in [7, 11) is 1.60. The lowest BCUT2D eigenvalue weighted by atomic mass is 10.1. The van der Waals surface area contributed by atoms with Gasteiger partial charge in [-0.2, -0.15) is 0 Å². The fourth-order valence-corrected chi connectivity index (χ4v) is 3.80. The Morgan fingerprint density at radius 3 is 2.70 bits per heavy atom. The highest BCUT2D eigenvalue weighted by Crippen LogP contribution is 2.30. The van der Waals surface area contributed by atoms with E-state index in [9.17, 15) is 9.59 Å². The highest BCUT2D eigenvalue weighted by atomic mass is 35.5. The molecule has 2 amide bonds. The number of alkyl carbamates (subject to hydrolysis) is 1. The van der Waals surface area contributed by atoms with Crippen molar-refractivity contribution in [3.63, 3.8) is 0 Å². The summed E-state index contributed by atoms with van der Waals surface area (Å²) in [4.78, 5) is 26.4. The van der Waals surface area contributed by atoms with Gasteiger partial charge in [0.15, 0.2) is 0 Å². The Hall–Kier alpha value is -2.93. The summed E-state index contributed by atoms with van der Waals surface area (Å²) < 4.78 is 5.19. The maximum absolute atomic E-state index is 11.8. The van der Waals surface area contributed by atoms with Crippen molar-refractivity contribution in [1.29, 1.82) is 0 Å². The van der Waals surface area contributed by atoms with Gasteiger partial charge >= 0.3 is 12.2 Å². The second kappa shape index (κ2) is 10.2. The monoisotopic (exact) mass is 431 g/mol. The van der Waals surface area contributed by atoms with Gasteiger partial charge in [-0.15, -0.1) is 0 Å². The average Bonchev–Trinajstić information content (AvgIpc) is 3.22. The third kappa shape index (κ3) is 5.79. The van der Waals surface area contributed by atoms with Crippen LogP contribution in [-0.2, 0) is 17.8 Å². The van der Waals surface area contributed by atoms with Crippen LogP contribution in [0.5, 0.6) is 0 Å². The van der Waals surface area contributed by atoms with E-state index in [4.69, 9.17) is 21.4 Å². The van der Waals surface area contributed by atoms with Crippen LogP contribution in [0.1, 0.15) is 17.5 Å². The van der Waals surface area contributed by atoms with Gasteiger partial charge in [0, 0.05) is 26.7 Å². The summed E-state index contributed by atoms with van der Waals surface area (Å²) in [5.74, 6) is 0. The zero-order valence-electron chi connectivity index (χ0n) is 16.9. The zero-order valence-corrected chi connectivity index (χ0v) is 17.6. The lowest BCUT2D eigenvalue weighted by molar-refractivity contribution is 0.139. The number of hydrogen-bond donors (Lipinski definition) is 2. The van der Waals surface area contributed by atoms with Gasteiger partial charge in [-0.1, -0.05) is 48.0 Å². The first-order valence-electron chi connectivity index (χ1n) is 9.87. The largest absolute Gasteiger partial charge is 0.465 e. The molecule has 1 saturated heterocycles. The van der Waals surface area contributed by atoms with Crippen LogP contribution in [-0.4, -0.2) is 54.9 Å². The Bertz CT molecular complexity index is 878. The van der Waals surface area contributed by atoms with Crippen LogP contribution < -0.4 is 10.2 Å². The minimum absolute atomic E-state index is 0.0376. The van der Waals surface area contributed by atoms with Gasteiger partial charge in [0.25, 0.3) is 0 Å². The van der Waals surface area contributed by atoms with E-state index in [2.05, 4.69) is 10.2 Å². The van der Waals surface area contributed by atoms with E-state index in [1.165, 1.54) is 4.90 Å². The molecule has 0 bridgehead atoms. The first-order chi connectivity index (χ1) is 14.4. The van der Waals surface area contributed by atoms with Crippen molar-refractivity contribution >= 4 is 29.5 Å². The van der Waals surface area contributed by atoms with Crippen molar-refractivity contribution in [3.8, 4) is 0 Å². The molecule has 2 aromatic rings. The molecule has 2 N–H and O–H groups in total. The molecule has 7 nitrogen and oxygen atoms in total. The standard InChI is InChI=1S/C22H26ClN3O4/c1-25(22(28)29)18-10-12-26(14-18)20-8-7-16(13-19(20)23)9-11-24-21(27)30-15-17-5-3-2-4-6-17/h2-8,13,18H,9-12,14-15H2,1H3,(H,24,27)(H,28,29). The summed E-state index contributed by atoms with van der Waals surface area (Å²) in [6.45, 7) is 2.06. The molecule has 1 heterocycles. The smallest absolute Gasteiger partial charge is 0.407 e. The number of hydrogen-bond acceptors (Lipinski definition) is 4. The number of rotatable bonds is 7. The fraction of sp³-hybridized carbons (Fsp3) is 0.364. The van der Waals surface area contributed by atoms with Crippen LogP contribution in [0.2, 0.25) is 5.02 Å². The number of amides is 2. The number of halogens is 1. The molecule has 1 unspecified atom stereocenters. The second-order valence-corrected chi connectivity index (χ2v) is 7.71. The van der Waals surface area contributed by atoms with Crippen molar-refractivity contribution in [2.45, 2.75) is 25.5 Å². The Kier molecular flexibility index (Phi) is 7.41. The van der Waals surface area contributed by atoms with E-state index in [0.717, 1.165) is 29.8 Å². The van der Waals surface area contributed by atoms with E-state index in [1.54, 1.807) is 7.05 Å². The van der Waals surface area contributed by atoms with Crippen molar-refractivity contribution in [3.05, 3.63) is 64.7 Å². The summed E-state index contributed by atoms with van der Waals surface area (Å²) in [5.41, 5.74) is 2.84. The molecule has 0 radical (unpaired) electrons. The summed E-state index contributed by atoms with van der Waals surface area (Å²) in [6.07, 6.45) is 0.0334. The molecule has 0 aliphatic carbocycles. The van der Waals surface area contributed by atoms with E-state index in [1.807, 2.05) is 48.5 Å². The SMILES string of the molecule is CN(C(=O)O)C1CCN(c2ccc(CCNC(=O)OCc3ccccc3)cc2Cl)C1. The van der Waals surface area contributed by atoms with Gasteiger partial charge < -0.3 is 25.0 Å². The molecule has 0 aromatic heterocycles. The molecule has 30 heavy (non-hydrogen) atoms. The molecule has 2 aromatic carbocycles. The first-order valence-corrected chi connectivity index (χ1v) is 10.3. The summed E-state index contributed by atoms with van der Waals surface area (Å²) in [5, 5.41) is 12.5. The van der Waals surface area contributed by atoms with Crippen LogP contribution in [0.3, 0.4) is 0 Å². The molecule has 0 saturated carbocycles. The van der Waals surface area contributed by atoms with Crippen LogP contribution in [0.4, 0.5) is 15.3 Å². The molecular weight excluding hydrogens is 406 g/mol. The minimum Gasteiger partial charge on any atom is -0.465 e. The van der Waals surface area contributed by atoms with Gasteiger partial charge in [0.05, 0.1) is 16.8 Å². The van der Waals surface area contributed by atoms with E-state index in [-0.39, 0.29) is 12.6 Å². The number of nitrogens with zero attached hydrogens (tertiary/aromatic N) is 2. The Morgan fingerprint density at radius 1 is 1.23 bits per heavy atom. The van der Waals surface area contributed by atoms with Gasteiger partial charge in [0.2, 0.25) is 0 Å². The highest BCUT2D eigenvalue weighted by Gasteiger charge is 2.29. The predicted molar refractivity (Wildman–Crippen MR) is 116 cm³/mol. The predicted octanol–water partition coefficient (Wildman–Crippen LogP) is 4.00. The van der Waals surface area contributed by atoms with Crippen LogP contribution in [0.15, 0.2) is 48.5 Å². The molecule has 1 fully saturated rings. The first kappa shape index (κ1) is 21.8. The van der Waals surface area contributed by atoms with Gasteiger partial charge in [-0.25, -0.2) is 9.59 Å². The second-order valence-electron chi connectivity index (χ2n) is 7.31. The Balaban J connectivity index is 1.45. The number of carbonyl (C=O) groups excluding carboxylic acids is 1. The Morgan fingerprint density at radius 2 is 2.00 bits per heavy atom. The maximum Gasteiger partial charge on any atom is 0.407 e. The molecular formula is C22H26ClN3O4.